The molecule has 0 bridgehead atoms. The number of hydrogen-bond donors (Lipinski definition) is 1. The fraction of sp³-hybridized carbons (Fsp3) is 0.600. The molecule has 1 rings (SSSR count). The molecule has 0 aliphatic rings. The molecule has 26 heavy (non-hydrogen) atoms. The van der Waals surface area contributed by atoms with E-state index >= 15 is 0 Å². The van der Waals surface area contributed by atoms with Gasteiger partial charge >= 0.3 is 5.97 Å². The fourth-order valence-corrected chi connectivity index (χ4v) is 2.97. The van der Waals surface area contributed by atoms with Crippen LogP contribution in [0, 0.1) is 17.3 Å². The van der Waals surface area contributed by atoms with E-state index in [-0.39, 0.29) is 17.4 Å². The van der Waals surface area contributed by atoms with E-state index in [0.717, 1.165) is 4.88 Å². The van der Waals surface area contributed by atoms with Crippen molar-refractivity contribution in [3.8, 4) is 11.8 Å². The van der Waals surface area contributed by atoms with Gasteiger partial charge in [0.25, 0.3) is 0 Å². The van der Waals surface area contributed by atoms with E-state index in [1.165, 1.54) is 18.4 Å². The molecule has 1 aromatic rings. The molecular formula is C20H30N2O3S. The average molecular weight is 379 g/mol. The summed E-state index contributed by atoms with van der Waals surface area (Å²) in [5, 5.41) is 3.22. The predicted octanol–water partition coefficient (Wildman–Crippen LogP) is 3.99. The molecule has 0 radical (unpaired) electrons. The first-order valence-corrected chi connectivity index (χ1v) is 9.60. The van der Waals surface area contributed by atoms with Crippen molar-refractivity contribution in [3.63, 3.8) is 0 Å². The number of esters is 1. The zero-order chi connectivity index (χ0) is 20.1. The van der Waals surface area contributed by atoms with Crippen LogP contribution in [0.25, 0.3) is 0 Å². The van der Waals surface area contributed by atoms with Crippen molar-refractivity contribution < 1.29 is 14.3 Å². The number of likely N-dealkylation sites (N-methyl/N-ethyl adjacent to an activating group) is 1. The molecule has 144 valence electrons. The van der Waals surface area contributed by atoms with E-state index in [4.69, 9.17) is 4.74 Å². The summed E-state index contributed by atoms with van der Waals surface area (Å²) in [7, 11) is 3.13. The lowest BCUT2D eigenvalue weighted by Gasteiger charge is -2.27. The highest BCUT2D eigenvalue weighted by atomic mass is 32.1. The van der Waals surface area contributed by atoms with Gasteiger partial charge in [-0.3, -0.25) is 4.79 Å². The Labute approximate surface area is 161 Å². The van der Waals surface area contributed by atoms with Crippen LogP contribution in [0.5, 0.6) is 0 Å². The normalized spacial score (nSPS) is 12.2. The Morgan fingerprint density at radius 2 is 1.96 bits per heavy atom. The Bertz CT molecular complexity index is 705. The smallest absolute Gasteiger partial charge is 0.350 e. The summed E-state index contributed by atoms with van der Waals surface area (Å²) in [6, 6.07) is 1.51. The first-order chi connectivity index (χ1) is 12.0. The Morgan fingerprint density at radius 3 is 2.42 bits per heavy atom. The SMILES string of the molecule is CC[C@H](Nc1cc(C#CC(C)(C)C)sc1C(=O)OC)C(=O)N(C)C(C)C. The third kappa shape index (κ3) is 6.06. The lowest BCUT2D eigenvalue weighted by Crippen LogP contribution is -2.43. The molecule has 1 N–H and O–H groups in total. The molecule has 0 saturated heterocycles. The van der Waals surface area contributed by atoms with Crippen LogP contribution in [0.2, 0.25) is 0 Å². The Balaban J connectivity index is 3.19. The van der Waals surface area contributed by atoms with Crippen molar-refractivity contribution in [2.24, 2.45) is 5.41 Å². The van der Waals surface area contributed by atoms with Gasteiger partial charge in [0.05, 0.1) is 17.7 Å². The first-order valence-electron chi connectivity index (χ1n) is 8.78. The maximum Gasteiger partial charge on any atom is 0.350 e. The molecule has 0 aliphatic carbocycles. The number of nitrogens with zero attached hydrogens (tertiary/aromatic N) is 1. The summed E-state index contributed by atoms with van der Waals surface area (Å²) >= 11 is 1.28. The summed E-state index contributed by atoms with van der Waals surface area (Å²) in [6.45, 7) is 12.0. The van der Waals surface area contributed by atoms with Gasteiger partial charge in [0, 0.05) is 18.5 Å². The Morgan fingerprint density at radius 1 is 1.35 bits per heavy atom. The monoisotopic (exact) mass is 378 g/mol. The van der Waals surface area contributed by atoms with Crippen molar-refractivity contribution >= 4 is 28.9 Å². The Hall–Kier alpha value is -2.00. The lowest BCUT2D eigenvalue weighted by atomic mass is 9.98. The highest BCUT2D eigenvalue weighted by Crippen LogP contribution is 2.29. The van der Waals surface area contributed by atoms with Gasteiger partial charge in [0.1, 0.15) is 10.9 Å². The van der Waals surface area contributed by atoms with Gasteiger partial charge in [-0.05, 0) is 47.1 Å². The average Bonchev–Trinajstić information content (AvgIpc) is 2.98. The third-order valence-corrected chi connectivity index (χ3v) is 4.85. The van der Waals surface area contributed by atoms with E-state index in [9.17, 15) is 9.59 Å². The number of carbonyl (C=O) groups excluding carboxylic acids is 2. The van der Waals surface area contributed by atoms with Crippen LogP contribution in [-0.2, 0) is 9.53 Å². The number of carbonyl (C=O) groups is 2. The van der Waals surface area contributed by atoms with Crippen LogP contribution in [-0.4, -0.2) is 43.0 Å². The number of anilines is 1. The van der Waals surface area contributed by atoms with Gasteiger partial charge in [0.15, 0.2) is 0 Å². The second kappa shape index (κ2) is 9.09. The third-order valence-electron chi connectivity index (χ3n) is 3.82. The van der Waals surface area contributed by atoms with Crippen molar-refractivity contribution in [3.05, 3.63) is 15.8 Å². The topological polar surface area (TPSA) is 58.6 Å². The standard InChI is InChI=1S/C20H30N2O3S/c1-9-15(18(23)22(7)13(2)3)21-16-12-14(10-11-20(4,5)6)26-17(16)19(24)25-8/h12-13,15,21H,9H2,1-8H3/t15-/m0/s1. The molecule has 1 atom stereocenters. The van der Waals surface area contributed by atoms with Gasteiger partial charge in [0.2, 0.25) is 5.91 Å². The van der Waals surface area contributed by atoms with Gasteiger partial charge in [-0.1, -0.05) is 18.8 Å². The second-order valence-corrected chi connectivity index (χ2v) is 8.55. The van der Waals surface area contributed by atoms with E-state index < -0.39 is 12.0 Å². The summed E-state index contributed by atoms with van der Waals surface area (Å²) in [5.41, 5.74) is 0.461. The highest BCUT2D eigenvalue weighted by Gasteiger charge is 2.25. The van der Waals surface area contributed by atoms with Crippen LogP contribution < -0.4 is 5.32 Å². The van der Waals surface area contributed by atoms with Crippen molar-refractivity contribution in [2.75, 3.05) is 19.5 Å². The molecule has 0 spiro atoms. The quantitative estimate of drug-likeness (QED) is 0.601. The largest absolute Gasteiger partial charge is 0.465 e. The molecule has 0 fully saturated rings. The molecule has 1 amide bonds. The molecule has 0 aliphatic heterocycles. The molecule has 5 nitrogen and oxygen atoms in total. The highest BCUT2D eigenvalue weighted by molar-refractivity contribution is 7.15. The summed E-state index contributed by atoms with van der Waals surface area (Å²) < 4.78 is 4.89. The van der Waals surface area contributed by atoms with Crippen LogP contribution in [0.4, 0.5) is 5.69 Å². The van der Waals surface area contributed by atoms with Crippen LogP contribution in [0.1, 0.15) is 62.5 Å². The summed E-state index contributed by atoms with van der Waals surface area (Å²) in [6.07, 6.45) is 0.607. The van der Waals surface area contributed by atoms with Crippen molar-refractivity contribution in [2.45, 2.75) is 60.0 Å². The van der Waals surface area contributed by atoms with Gasteiger partial charge in [-0.15, -0.1) is 11.3 Å². The van der Waals surface area contributed by atoms with Crippen LogP contribution >= 0.6 is 11.3 Å². The molecule has 1 heterocycles. The summed E-state index contributed by atoms with van der Waals surface area (Å²) in [4.78, 5) is 27.7. The number of thiophene rings is 1. The number of amides is 1. The van der Waals surface area contributed by atoms with Gasteiger partial charge in [-0.2, -0.15) is 0 Å². The first kappa shape index (κ1) is 22.0. The minimum absolute atomic E-state index is 0.00755. The zero-order valence-corrected chi connectivity index (χ0v) is 17.8. The number of rotatable bonds is 6. The maximum absolute atomic E-state index is 12.7. The lowest BCUT2D eigenvalue weighted by molar-refractivity contribution is -0.132. The van der Waals surface area contributed by atoms with Crippen molar-refractivity contribution in [1.82, 2.24) is 4.90 Å². The molecule has 0 saturated carbocycles. The second-order valence-electron chi connectivity index (χ2n) is 7.49. The van der Waals surface area contributed by atoms with Crippen molar-refractivity contribution in [1.29, 1.82) is 0 Å². The Kier molecular flexibility index (Phi) is 7.70. The minimum Gasteiger partial charge on any atom is -0.465 e. The number of nitrogens with one attached hydrogen (secondary N) is 1. The molecule has 0 aromatic carbocycles. The molecule has 1 aromatic heterocycles. The number of hydrogen-bond acceptors (Lipinski definition) is 5. The van der Waals surface area contributed by atoms with Gasteiger partial charge < -0.3 is 15.0 Å². The van der Waals surface area contributed by atoms with Crippen LogP contribution in [0.15, 0.2) is 6.07 Å². The number of methoxy groups -OCH3 is 1. The summed E-state index contributed by atoms with van der Waals surface area (Å²) in [5.74, 6) is 5.84. The predicted molar refractivity (Wildman–Crippen MR) is 108 cm³/mol. The molecular weight excluding hydrogens is 348 g/mol. The van der Waals surface area contributed by atoms with Gasteiger partial charge in [-0.25, -0.2) is 4.79 Å². The maximum atomic E-state index is 12.7. The number of ether oxygens (including phenoxy) is 1. The van der Waals surface area contributed by atoms with E-state index in [2.05, 4.69) is 17.2 Å². The zero-order valence-electron chi connectivity index (χ0n) is 17.0. The van der Waals surface area contributed by atoms with E-state index in [0.29, 0.717) is 17.0 Å². The molecule has 0 unspecified atom stereocenters. The van der Waals surface area contributed by atoms with Crippen LogP contribution in [0.3, 0.4) is 0 Å². The van der Waals surface area contributed by atoms with E-state index in [1.54, 1.807) is 11.9 Å². The van der Waals surface area contributed by atoms with E-state index in [1.807, 2.05) is 47.6 Å². The fourth-order valence-electron chi connectivity index (χ4n) is 2.08. The minimum atomic E-state index is -0.430. The molecule has 6 heteroatoms.